The molecular weight excluding hydrogens is 166 g/mol. The van der Waals surface area contributed by atoms with Gasteiger partial charge in [0.2, 0.25) is 0 Å². The number of likely N-dealkylation sites (N-methyl/N-ethyl adjacent to an activating group) is 1. The average molecular weight is 181 g/mol. The summed E-state index contributed by atoms with van der Waals surface area (Å²) >= 11 is 0. The highest BCUT2D eigenvalue weighted by Gasteiger charge is 2.16. The van der Waals surface area contributed by atoms with Crippen molar-refractivity contribution in [1.29, 1.82) is 0 Å². The van der Waals surface area contributed by atoms with Gasteiger partial charge in [0.05, 0.1) is 12.8 Å². The Kier molecular flexibility index (Phi) is 3.12. The highest BCUT2D eigenvalue weighted by Crippen LogP contribution is 2.21. The van der Waals surface area contributed by atoms with E-state index in [1.165, 1.54) is 0 Å². The fourth-order valence-electron chi connectivity index (χ4n) is 1.55. The maximum atomic E-state index is 10.6. The van der Waals surface area contributed by atoms with E-state index >= 15 is 0 Å². The van der Waals surface area contributed by atoms with E-state index in [4.69, 9.17) is 4.74 Å². The van der Waals surface area contributed by atoms with Crippen LogP contribution in [0.25, 0.3) is 0 Å². The van der Waals surface area contributed by atoms with Crippen molar-refractivity contribution in [3.05, 3.63) is 23.1 Å². The highest BCUT2D eigenvalue weighted by atomic mass is 16.5. The van der Waals surface area contributed by atoms with Gasteiger partial charge in [-0.1, -0.05) is 6.92 Å². The van der Waals surface area contributed by atoms with Gasteiger partial charge in [0.25, 0.3) is 0 Å². The van der Waals surface area contributed by atoms with Crippen LogP contribution in [0.1, 0.15) is 13.3 Å². The molecule has 0 aromatic rings. The fourth-order valence-corrected chi connectivity index (χ4v) is 1.55. The second kappa shape index (κ2) is 4.12. The lowest BCUT2D eigenvalue weighted by Crippen LogP contribution is -2.25. The Balaban J connectivity index is 3.01. The lowest BCUT2D eigenvalue weighted by Gasteiger charge is -2.27. The molecule has 0 amide bonds. The van der Waals surface area contributed by atoms with Crippen molar-refractivity contribution in [3.63, 3.8) is 0 Å². The summed E-state index contributed by atoms with van der Waals surface area (Å²) < 4.78 is 5.20. The number of methoxy groups -OCH3 is 1. The van der Waals surface area contributed by atoms with Crippen molar-refractivity contribution in [2.24, 2.45) is 0 Å². The monoisotopic (exact) mass is 181 g/mol. The van der Waals surface area contributed by atoms with Gasteiger partial charge >= 0.3 is 0 Å². The molecule has 3 heteroatoms. The van der Waals surface area contributed by atoms with E-state index < -0.39 is 0 Å². The molecule has 0 bridgehead atoms. The van der Waals surface area contributed by atoms with Crippen molar-refractivity contribution >= 4 is 6.29 Å². The fraction of sp³-hybridized carbons (Fsp3) is 0.500. The van der Waals surface area contributed by atoms with Gasteiger partial charge in [-0.05, 0) is 12.5 Å². The van der Waals surface area contributed by atoms with Gasteiger partial charge in [-0.2, -0.15) is 0 Å². The SMILES string of the molecule is CCC1=C(OC)C=C(C=O)CN1C. The molecule has 0 aliphatic carbocycles. The Morgan fingerprint density at radius 1 is 1.69 bits per heavy atom. The van der Waals surface area contributed by atoms with Gasteiger partial charge in [-0.15, -0.1) is 0 Å². The number of hydrogen-bond acceptors (Lipinski definition) is 3. The normalized spacial score (nSPS) is 17.2. The molecule has 0 fully saturated rings. The minimum atomic E-state index is 0.680. The zero-order valence-corrected chi connectivity index (χ0v) is 8.33. The largest absolute Gasteiger partial charge is 0.495 e. The Labute approximate surface area is 78.7 Å². The van der Waals surface area contributed by atoms with Crippen LogP contribution in [0.3, 0.4) is 0 Å². The van der Waals surface area contributed by atoms with Crippen LogP contribution in [-0.2, 0) is 9.53 Å². The Morgan fingerprint density at radius 2 is 2.38 bits per heavy atom. The Bertz CT molecular complexity index is 266. The minimum Gasteiger partial charge on any atom is -0.495 e. The molecule has 72 valence electrons. The summed E-state index contributed by atoms with van der Waals surface area (Å²) in [6.45, 7) is 2.75. The molecule has 1 heterocycles. The second-order valence-electron chi connectivity index (χ2n) is 3.06. The summed E-state index contributed by atoms with van der Waals surface area (Å²) in [6, 6.07) is 0. The number of hydrogen-bond donors (Lipinski definition) is 0. The molecule has 0 spiro atoms. The van der Waals surface area contributed by atoms with Crippen LogP contribution >= 0.6 is 0 Å². The standard InChI is InChI=1S/C10H15NO2/c1-4-9-10(13-3)5-8(7-12)6-11(9)2/h5,7H,4,6H2,1-3H3. The lowest BCUT2D eigenvalue weighted by molar-refractivity contribution is -0.105. The predicted octanol–water partition coefficient (Wildman–Crippen LogP) is 1.33. The number of rotatable bonds is 3. The van der Waals surface area contributed by atoms with E-state index in [-0.39, 0.29) is 0 Å². The maximum absolute atomic E-state index is 10.6. The molecule has 1 aliphatic heterocycles. The van der Waals surface area contributed by atoms with Crippen LogP contribution in [-0.4, -0.2) is 31.9 Å². The molecule has 3 nitrogen and oxygen atoms in total. The van der Waals surface area contributed by atoms with E-state index in [1.54, 1.807) is 7.11 Å². The maximum Gasteiger partial charge on any atom is 0.147 e. The van der Waals surface area contributed by atoms with E-state index in [9.17, 15) is 4.79 Å². The zero-order chi connectivity index (χ0) is 9.84. The Hall–Kier alpha value is -1.25. The first-order chi connectivity index (χ1) is 6.22. The van der Waals surface area contributed by atoms with Crippen LogP contribution in [0.2, 0.25) is 0 Å². The number of carbonyl (C=O) groups is 1. The van der Waals surface area contributed by atoms with Gasteiger partial charge in [0.15, 0.2) is 0 Å². The van der Waals surface area contributed by atoms with Crippen molar-refractivity contribution in [2.75, 3.05) is 20.7 Å². The molecule has 1 rings (SSSR count). The molecule has 1 aliphatic rings. The van der Waals surface area contributed by atoms with Gasteiger partial charge in [-0.25, -0.2) is 0 Å². The van der Waals surface area contributed by atoms with Gasteiger partial charge in [0.1, 0.15) is 12.0 Å². The van der Waals surface area contributed by atoms with E-state index in [0.717, 1.165) is 29.7 Å². The first-order valence-corrected chi connectivity index (χ1v) is 4.37. The van der Waals surface area contributed by atoms with E-state index in [1.807, 2.05) is 18.0 Å². The summed E-state index contributed by atoms with van der Waals surface area (Å²) in [6.07, 6.45) is 3.61. The van der Waals surface area contributed by atoms with Gasteiger partial charge in [0, 0.05) is 19.2 Å². The van der Waals surface area contributed by atoms with E-state index in [0.29, 0.717) is 6.54 Å². The number of nitrogens with zero attached hydrogens (tertiary/aromatic N) is 1. The van der Waals surface area contributed by atoms with Crippen molar-refractivity contribution in [3.8, 4) is 0 Å². The van der Waals surface area contributed by atoms with Crippen molar-refractivity contribution < 1.29 is 9.53 Å². The molecule has 0 aromatic heterocycles. The molecular formula is C10H15NO2. The number of aldehydes is 1. The van der Waals surface area contributed by atoms with Crippen LogP contribution in [0.4, 0.5) is 0 Å². The molecule has 0 atom stereocenters. The second-order valence-corrected chi connectivity index (χ2v) is 3.06. The van der Waals surface area contributed by atoms with Crippen molar-refractivity contribution in [2.45, 2.75) is 13.3 Å². The molecule has 0 unspecified atom stereocenters. The minimum absolute atomic E-state index is 0.680. The van der Waals surface area contributed by atoms with Crippen LogP contribution < -0.4 is 0 Å². The molecule has 0 aromatic carbocycles. The summed E-state index contributed by atoms with van der Waals surface area (Å²) in [4.78, 5) is 12.6. The molecule has 0 saturated heterocycles. The van der Waals surface area contributed by atoms with Crippen LogP contribution in [0.5, 0.6) is 0 Å². The first kappa shape index (κ1) is 9.84. The van der Waals surface area contributed by atoms with Crippen LogP contribution in [0.15, 0.2) is 23.1 Å². The molecule has 13 heavy (non-hydrogen) atoms. The first-order valence-electron chi connectivity index (χ1n) is 4.37. The topological polar surface area (TPSA) is 29.5 Å². The predicted molar refractivity (Wildman–Crippen MR) is 51.1 cm³/mol. The number of carbonyl (C=O) groups excluding carboxylic acids is 1. The molecule has 0 radical (unpaired) electrons. The van der Waals surface area contributed by atoms with Crippen LogP contribution in [0, 0.1) is 0 Å². The summed E-state index contributed by atoms with van der Waals surface area (Å²) in [5.74, 6) is 0.804. The molecule has 0 N–H and O–H groups in total. The third kappa shape index (κ3) is 1.91. The third-order valence-electron chi connectivity index (χ3n) is 2.19. The van der Waals surface area contributed by atoms with Crippen molar-refractivity contribution in [1.82, 2.24) is 4.90 Å². The quantitative estimate of drug-likeness (QED) is 0.615. The van der Waals surface area contributed by atoms with Gasteiger partial charge < -0.3 is 9.64 Å². The Morgan fingerprint density at radius 3 is 2.85 bits per heavy atom. The molecule has 0 saturated carbocycles. The average Bonchev–Trinajstić information content (AvgIpc) is 2.16. The highest BCUT2D eigenvalue weighted by molar-refractivity contribution is 5.75. The van der Waals surface area contributed by atoms with Gasteiger partial charge in [-0.3, -0.25) is 4.79 Å². The summed E-state index contributed by atoms with van der Waals surface area (Å²) in [7, 11) is 3.59. The summed E-state index contributed by atoms with van der Waals surface area (Å²) in [5, 5.41) is 0. The third-order valence-corrected chi connectivity index (χ3v) is 2.19. The lowest BCUT2D eigenvalue weighted by atomic mass is 10.1. The summed E-state index contributed by atoms with van der Waals surface area (Å²) in [5.41, 5.74) is 1.91. The van der Waals surface area contributed by atoms with E-state index in [2.05, 4.69) is 6.92 Å². The number of ether oxygens (including phenoxy) is 1. The zero-order valence-electron chi connectivity index (χ0n) is 8.33. The number of allylic oxidation sites excluding steroid dienone is 2. The smallest absolute Gasteiger partial charge is 0.147 e.